The number of carbonyl (C=O) groups is 2. The van der Waals surface area contributed by atoms with E-state index in [0.29, 0.717) is 0 Å². The van der Waals surface area contributed by atoms with Gasteiger partial charge in [-0.15, -0.1) is 22.0 Å². The lowest BCUT2D eigenvalue weighted by Gasteiger charge is -2.16. The largest absolute Gasteiger partial charge is 0.586 e. The Hall–Kier alpha value is -4.82. The van der Waals surface area contributed by atoms with Gasteiger partial charge in [0.2, 0.25) is 0 Å². The molecular formula is C23H14F6N2O7. The minimum Gasteiger partial charge on any atom is -0.493 e. The highest BCUT2D eigenvalue weighted by atomic mass is 19.4. The molecule has 0 fully saturated rings. The number of primary amides is 1. The summed E-state index contributed by atoms with van der Waals surface area (Å²) >= 11 is 0. The van der Waals surface area contributed by atoms with E-state index in [-0.39, 0.29) is 17.2 Å². The maximum absolute atomic E-state index is 13.8. The minimum absolute atomic E-state index is 0.0922. The molecule has 0 atom stereocenters. The van der Waals surface area contributed by atoms with Crippen LogP contribution < -0.4 is 34.7 Å². The second-order valence-corrected chi connectivity index (χ2v) is 7.44. The summed E-state index contributed by atoms with van der Waals surface area (Å²) in [6.07, 6.45) is -9.05. The van der Waals surface area contributed by atoms with Crippen LogP contribution in [0.25, 0.3) is 0 Å². The zero-order valence-electron chi connectivity index (χ0n) is 18.8. The number of rotatable bonds is 7. The molecule has 0 radical (unpaired) electrons. The smallest absolute Gasteiger partial charge is 0.493 e. The van der Waals surface area contributed by atoms with Crippen LogP contribution in [-0.2, 0) is 0 Å². The van der Waals surface area contributed by atoms with Gasteiger partial charge < -0.3 is 34.7 Å². The number of anilines is 1. The van der Waals surface area contributed by atoms with Crippen molar-refractivity contribution < 1.29 is 59.6 Å². The van der Waals surface area contributed by atoms with Crippen LogP contribution in [0, 0.1) is 5.82 Å². The minimum atomic E-state index is -4.99. The van der Waals surface area contributed by atoms with Crippen molar-refractivity contribution in [3.05, 3.63) is 65.5 Å². The zero-order chi connectivity index (χ0) is 27.8. The number of fused-ring (bicyclic) bond motifs is 1. The first kappa shape index (κ1) is 26.2. The molecule has 1 aliphatic heterocycles. The van der Waals surface area contributed by atoms with Crippen molar-refractivity contribution >= 4 is 17.5 Å². The number of carbonyl (C=O) groups excluding carboxylic acids is 2. The van der Waals surface area contributed by atoms with Crippen molar-refractivity contribution in [2.45, 2.75) is 12.7 Å². The molecule has 4 rings (SSSR count). The molecule has 38 heavy (non-hydrogen) atoms. The van der Waals surface area contributed by atoms with E-state index >= 15 is 0 Å². The van der Waals surface area contributed by atoms with Crippen LogP contribution in [0.15, 0.2) is 48.5 Å². The van der Waals surface area contributed by atoms with Crippen LogP contribution in [0.4, 0.5) is 32.0 Å². The molecule has 15 heteroatoms. The zero-order valence-corrected chi connectivity index (χ0v) is 18.8. The summed E-state index contributed by atoms with van der Waals surface area (Å²) in [4.78, 5) is 24.5. The monoisotopic (exact) mass is 544 g/mol. The lowest BCUT2D eigenvalue weighted by molar-refractivity contribution is -0.286. The summed E-state index contributed by atoms with van der Waals surface area (Å²) in [6, 6.07) is 7.38. The maximum Gasteiger partial charge on any atom is 0.586 e. The van der Waals surface area contributed by atoms with Gasteiger partial charge in [0.1, 0.15) is 17.3 Å². The summed E-state index contributed by atoms with van der Waals surface area (Å²) in [7, 11) is 1.11. The molecule has 0 saturated heterocycles. The molecule has 3 aromatic carbocycles. The summed E-state index contributed by atoms with van der Waals surface area (Å²) in [5, 5.41) is 2.33. The summed E-state index contributed by atoms with van der Waals surface area (Å²) in [5.41, 5.74) is 4.05. The van der Waals surface area contributed by atoms with Crippen LogP contribution in [0.3, 0.4) is 0 Å². The van der Waals surface area contributed by atoms with E-state index in [0.717, 1.165) is 55.6 Å². The molecule has 0 saturated carbocycles. The third-order valence-corrected chi connectivity index (χ3v) is 4.83. The van der Waals surface area contributed by atoms with Crippen molar-refractivity contribution in [1.82, 2.24) is 0 Å². The predicted molar refractivity (Wildman–Crippen MR) is 115 cm³/mol. The third-order valence-electron chi connectivity index (χ3n) is 4.83. The number of amides is 2. The number of nitrogens with two attached hydrogens (primary N) is 1. The van der Waals surface area contributed by atoms with Crippen LogP contribution in [0.2, 0.25) is 0 Å². The summed E-state index contributed by atoms with van der Waals surface area (Å²) in [5.74, 6) is -5.69. The molecule has 3 N–H and O–H groups in total. The van der Waals surface area contributed by atoms with Crippen molar-refractivity contribution in [1.29, 1.82) is 0 Å². The van der Waals surface area contributed by atoms with Gasteiger partial charge >= 0.3 is 12.7 Å². The van der Waals surface area contributed by atoms with Crippen LogP contribution in [0.1, 0.15) is 20.7 Å². The fourth-order valence-corrected chi connectivity index (χ4v) is 3.28. The lowest BCUT2D eigenvalue weighted by atomic mass is 10.1. The number of methoxy groups -OCH3 is 1. The molecule has 0 bridgehead atoms. The Morgan fingerprint density at radius 3 is 2.24 bits per heavy atom. The fraction of sp³-hybridized carbons (Fsp3) is 0.130. The Labute approximate surface area is 208 Å². The van der Waals surface area contributed by atoms with E-state index in [1.807, 2.05) is 0 Å². The molecule has 0 aromatic heterocycles. The standard InChI is InChI=1S/C23H14F6N2O7/c1-34-17-7-11(36-22(25,26)27)3-5-15(17)35-16-9-19-18(37-23(28,29)38-19)8-13(16)21(33)31-10-2-4-14(24)12(6-10)20(30)32/h2-9H,1H3,(H2,30,32)(H,31,33). The van der Waals surface area contributed by atoms with Gasteiger partial charge in [0.15, 0.2) is 23.0 Å². The Kier molecular flexibility index (Phi) is 6.61. The van der Waals surface area contributed by atoms with Crippen molar-refractivity contribution in [3.63, 3.8) is 0 Å². The number of hydrogen-bond acceptors (Lipinski definition) is 7. The van der Waals surface area contributed by atoms with Crippen molar-refractivity contribution in [3.8, 4) is 34.5 Å². The van der Waals surface area contributed by atoms with Crippen molar-refractivity contribution in [2.75, 3.05) is 12.4 Å². The number of nitrogens with one attached hydrogen (secondary N) is 1. The topological polar surface area (TPSA) is 118 Å². The Morgan fingerprint density at radius 1 is 0.921 bits per heavy atom. The second-order valence-electron chi connectivity index (χ2n) is 7.44. The van der Waals surface area contributed by atoms with Gasteiger partial charge in [-0.2, -0.15) is 0 Å². The van der Waals surface area contributed by atoms with Gasteiger partial charge in [-0.3, -0.25) is 9.59 Å². The average Bonchev–Trinajstić information content (AvgIpc) is 3.12. The number of halogens is 6. The van der Waals surface area contributed by atoms with Gasteiger partial charge in [-0.05, 0) is 30.3 Å². The highest BCUT2D eigenvalue weighted by Gasteiger charge is 2.44. The average molecular weight is 544 g/mol. The number of benzene rings is 3. The van der Waals surface area contributed by atoms with E-state index in [9.17, 15) is 35.9 Å². The molecular weight excluding hydrogens is 530 g/mol. The lowest BCUT2D eigenvalue weighted by Crippen LogP contribution is -2.25. The molecule has 0 unspecified atom stereocenters. The molecule has 2 amide bonds. The number of hydrogen-bond donors (Lipinski definition) is 2. The number of ether oxygens (including phenoxy) is 5. The van der Waals surface area contributed by atoms with Crippen LogP contribution >= 0.6 is 0 Å². The molecule has 9 nitrogen and oxygen atoms in total. The first-order valence-electron chi connectivity index (χ1n) is 10.2. The quantitative estimate of drug-likeness (QED) is 0.393. The Bertz CT molecular complexity index is 1430. The van der Waals surface area contributed by atoms with Gasteiger partial charge in [0, 0.05) is 23.9 Å². The van der Waals surface area contributed by atoms with E-state index in [2.05, 4.69) is 19.5 Å². The van der Waals surface area contributed by atoms with Gasteiger partial charge in [-0.1, -0.05) is 0 Å². The summed E-state index contributed by atoms with van der Waals surface area (Å²) < 4.78 is 102. The van der Waals surface area contributed by atoms with E-state index in [1.165, 1.54) is 0 Å². The van der Waals surface area contributed by atoms with E-state index in [1.54, 1.807) is 0 Å². The molecule has 200 valence electrons. The predicted octanol–water partition coefficient (Wildman–Crippen LogP) is 5.20. The molecule has 1 aliphatic rings. The Balaban J connectivity index is 1.71. The molecule has 0 aliphatic carbocycles. The van der Waals surface area contributed by atoms with E-state index < -0.39 is 64.4 Å². The van der Waals surface area contributed by atoms with Crippen molar-refractivity contribution in [2.24, 2.45) is 5.73 Å². The normalized spacial score (nSPS) is 13.6. The van der Waals surface area contributed by atoms with Gasteiger partial charge in [0.05, 0.1) is 18.2 Å². The molecule has 1 heterocycles. The molecule has 3 aromatic rings. The van der Waals surface area contributed by atoms with E-state index in [4.69, 9.17) is 15.2 Å². The summed E-state index contributed by atoms with van der Waals surface area (Å²) in [6.45, 7) is 0. The van der Waals surface area contributed by atoms with Gasteiger partial charge in [-0.25, -0.2) is 4.39 Å². The highest BCUT2D eigenvalue weighted by molar-refractivity contribution is 6.07. The SMILES string of the molecule is COc1cc(OC(F)(F)F)ccc1Oc1cc2c(cc1C(=O)Nc1ccc(F)c(C(N)=O)c1)OC(F)(F)O2. The third kappa shape index (κ3) is 5.77. The highest BCUT2D eigenvalue weighted by Crippen LogP contribution is 2.46. The van der Waals surface area contributed by atoms with Crippen LogP contribution in [0.5, 0.6) is 34.5 Å². The fourth-order valence-electron chi connectivity index (χ4n) is 3.28. The Morgan fingerprint density at radius 2 is 1.61 bits per heavy atom. The maximum atomic E-state index is 13.8. The first-order chi connectivity index (χ1) is 17.7. The number of alkyl halides is 5. The first-order valence-corrected chi connectivity index (χ1v) is 10.2. The van der Waals surface area contributed by atoms with Crippen LogP contribution in [-0.4, -0.2) is 31.6 Å². The second kappa shape index (κ2) is 9.57. The molecule has 0 spiro atoms. The van der Waals surface area contributed by atoms with Gasteiger partial charge in [0.25, 0.3) is 11.8 Å².